The fourth-order valence-electron chi connectivity index (χ4n) is 1.23. The van der Waals surface area contributed by atoms with E-state index in [2.05, 4.69) is 18.0 Å². The van der Waals surface area contributed by atoms with Crippen LogP contribution in [0.2, 0.25) is 0 Å². The summed E-state index contributed by atoms with van der Waals surface area (Å²) in [6.07, 6.45) is 2.02. The average molecular weight is 204 g/mol. The maximum atomic E-state index is 4.58. The highest BCUT2D eigenvalue weighted by Crippen LogP contribution is 2.15. The molecule has 1 aromatic heterocycles. The number of rotatable bonds is 1. The van der Waals surface area contributed by atoms with Gasteiger partial charge >= 0.3 is 0 Å². The van der Waals surface area contributed by atoms with Crippen LogP contribution in [0.3, 0.4) is 0 Å². The van der Waals surface area contributed by atoms with E-state index < -0.39 is 0 Å². The fraction of sp³-hybridized carbons (Fsp3) is 0.182. The molecule has 2 rings (SSSR count). The van der Waals surface area contributed by atoms with Crippen LogP contribution in [0.5, 0.6) is 0 Å². The summed E-state index contributed by atoms with van der Waals surface area (Å²) >= 11 is 1.65. The van der Waals surface area contributed by atoms with Gasteiger partial charge in [0.1, 0.15) is 0 Å². The molecule has 2 nitrogen and oxygen atoms in total. The Bertz CT molecular complexity index is 494. The minimum absolute atomic E-state index is 1.03. The number of nitrogens with zero attached hydrogens (tertiary/aromatic N) is 2. The van der Waals surface area contributed by atoms with Gasteiger partial charge < -0.3 is 4.57 Å². The third-order valence-electron chi connectivity index (χ3n) is 2.09. The lowest BCUT2D eigenvalue weighted by atomic mass is 10.2. The highest BCUT2D eigenvalue weighted by Gasteiger charge is 1.94. The first-order valence-corrected chi connectivity index (χ1v) is 5.36. The van der Waals surface area contributed by atoms with Crippen LogP contribution >= 0.6 is 11.3 Å². The SMILES string of the molecule is Cc1ccccc1N=c1sccn1C. The number of aryl methyl sites for hydroxylation is 2. The van der Waals surface area contributed by atoms with Gasteiger partial charge in [-0.15, -0.1) is 11.3 Å². The van der Waals surface area contributed by atoms with Crippen LogP contribution < -0.4 is 4.80 Å². The molecule has 72 valence electrons. The maximum Gasteiger partial charge on any atom is 0.189 e. The molecule has 0 aliphatic rings. The second kappa shape index (κ2) is 3.80. The summed E-state index contributed by atoms with van der Waals surface area (Å²) in [4.78, 5) is 5.61. The molecule has 0 bridgehead atoms. The van der Waals surface area contributed by atoms with Crippen molar-refractivity contribution in [1.29, 1.82) is 0 Å². The van der Waals surface area contributed by atoms with E-state index in [1.807, 2.05) is 41.4 Å². The highest BCUT2D eigenvalue weighted by molar-refractivity contribution is 7.07. The van der Waals surface area contributed by atoms with Crippen molar-refractivity contribution in [2.24, 2.45) is 12.0 Å². The van der Waals surface area contributed by atoms with Crippen molar-refractivity contribution in [3.05, 3.63) is 46.2 Å². The van der Waals surface area contributed by atoms with E-state index in [0.717, 1.165) is 10.5 Å². The maximum absolute atomic E-state index is 4.58. The number of thiazole rings is 1. The van der Waals surface area contributed by atoms with E-state index in [-0.39, 0.29) is 0 Å². The molecule has 0 saturated carbocycles. The first-order chi connectivity index (χ1) is 6.77. The molecule has 0 spiro atoms. The summed E-state index contributed by atoms with van der Waals surface area (Å²) in [6, 6.07) is 8.16. The van der Waals surface area contributed by atoms with Gasteiger partial charge in [-0.25, -0.2) is 4.99 Å². The van der Waals surface area contributed by atoms with Crippen molar-refractivity contribution in [3.8, 4) is 0 Å². The van der Waals surface area contributed by atoms with Crippen LogP contribution in [0.25, 0.3) is 0 Å². The van der Waals surface area contributed by atoms with Gasteiger partial charge in [0, 0.05) is 18.6 Å². The van der Waals surface area contributed by atoms with Crippen molar-refractivity contribution < 1.29 is 0 Å². The van der Waals surface area contributed by atoms with Gasteiger partial charge in [-0.3, -0.25) is 0 Å². The van der Waals surface area contributed by atoms with Crippen LogP contribution in [0.4, 0.5) is 5.69 Å². The summed E-state index contributed by atoms with van der Waals surface area (Å²) < 4.78 is 2.02. The number of hydrogen-bond acceptors (Lipinski definition) is 2. The molecule has 14 heavy (non-hydrogen) atoms. The molecule has 0 atom stereocenters. The van der Waals surface area contributed by atoms with Crippen LogP contribution in [0.1, 0.15) is 5.56 Å². The topological polar surface area (TPSA) is 17.3 Å². The summed E-state index contributed by atoms with van der Waals surface area (Å²) in [5, 5.41) is 2.04. The number of benzene rings is 1. The van der Waals surface area contributed by atoms with Crippen LogP contribution in [0, 0.1) is 6.92 Å². The predicted molar refractivity (Wildman–Crippen MR) is 59.7 cm³/mol. The molecule has 0 aliphatic carbocycles. The lowest BCUT2D eigenvalue weighted by Gasteiger charge is -1.97. The Morgan fingerprint density at radius 3 is 2.71 bits per heavy atom. The quantitative estimate of drug-likeness (QED) is 0.679. The normalized spacial score (nSPS) is 12.0. The molecule has 2 aromatic rings. The van der Waals surface area contributed by atoms with Crippen molar-refractivity contribution >= 4 is 17.0 Å². The molecule has 0 N–H and O–H groups in total. The summed E-state index contributed by atoms with van der Waals surface area (Å²) in [7, 11) is 2.01. The second-order valence-electron chi connectivity index (χ2n) is 3.19. The van der Waals surface area contributed by atoms with E-state index in [1.54, 1.807) is 11.3 Å². The minimum Gasteiger partial charge on any atom is -0.327 e. The number of para-hydroxylation sites is 1. The Morgan fingerprint density at radius 2 is 2.07 bits per heavy atom. The molecular weight excluding hydrogens is 192 g/mol. The first-order valence-electron chi connectivity index (χ1n) is 4.48. The Morgan fingerprint density at radius 1 is 1.29 bits per heavy atom. The lowest BCUT2D eigenvalue weighted by molar-refractivity contribution is 0.873. The van der Waals surface area contributed by atoms with Gasteiger partial charge in [0.15, 0.2) is 4.80 Å². The molecule has 1 aromatic carbocycles. The molecular formula is C11H12N2S. The Labute approximate surface area is 87.2 Å². The van der Waals surface area contributed by atoms with E-state index in [0.29, 0.717) is 0 Å². The second-order valence-corrected chi connectivity index (χ2v) is 4.07. The predicted octanol–water partition coefficient (Wildman–Crippen LogP) is 2.63. The molecule has 0 amide bonds. The monoisotopic (exact) mass is 204 g/mol. The smallest absolute Gasteiger partial charge is 0.189 e. The van der Waals surface area contributed by atoms with Crippen molar-refractivity contribution in [1.82, 2.24) is 4.57 Å². The van der Waals surface area contributed by atoms with E-state index in [1.165, 1.54) is 5.56 Å². The number of hydrogen-bond donors (Lipinski definition) is 0. The molecule has 0 aliphatic heterocycles. The summed E-state index contributed by atoms with van der Waals surface area (Å²) in [6.45, 7) is 2.08. The Kier molecular flexibility index (Phi) is 2.50. The van der Waals surface area contributed by atoms with E-state index in [9.17, 15) is 0 Å². The van der Waals surface area contributed by atoms with Gasteiger partial charge in [0.05, 0.1) is 5.69 Å². The van der Waals surface area contributed by atoms with Crippen LogP contribution in [-0.4, -0.2) is 4.57 Å². The first kappa shape index (κ1) is 9.21. The largest absolute Gasteiger partial charge is 0.327 e. The lowest BCUT2D eigenvalue weighted by Crippen LogP contribution is -2.08. The Balaban J connectivity index is 2.54. The van der Waals surface area contributed by atoms with Crippen molar-refractivity contribution in [2.75, 3.05) is 0 Å². The van der Waals surface area contributed by atoms with E-state index in [4.69, 9.17) is 0 Å². The van der Waals surface area contributed by atoms with Gasteiger partial charge in [0.2, 0.25) is 0 Å². The molecule has 1 heterocycles. The third-order valence-corrected chi connectivity index (χ3v) is 2.94. The fourth-order valence-corrected chi connectivity index (χ4v) is 1.97. The zero-order valence-electron chi connectivity index (χ0n) is 8.27. The minimum atomic E-state index is 1.03. The summed E-state index contributed by atoms with van der Waals surface area (Å²) in [5.41, 5.74) is 2.26. The van der Waals surface area contributed by atoms with Crippen LogP contribution in [-0.2, 0) is 7.05 Å². The molecule has 3 heteroatoms. The van der Waals surface area contributed by atoms with Gasteiger partial charge in [-0.1, -0.05) is 18.2 Å². The highest BCUT2D eigenvalue weighted by atomic mass is 32.1. The summed E-state index contributed by atoms with van der Waals surface area (Å²) in [5.74, 6) is 0. The number of aromatic nitrogens is 1. The van der Waals surface area contributed by atoms with Crippen molar-refractivity contribution in [3.63, 3.8) is 0 Å². The molecule has 0 saturated heterocycles. The van der Waals surface area contributed by atoms with Crippen molar-refractivity contribution in [2.45, 2.75) is 6.92 Å². The molecule has 0 radical (unpaired) electrons. The average Bonchev–Trinajstić information content (AvgIpc) is 2.56. The van der Waals surface area contributed by atoms with Crippen LogP contribution in [0.15, 0.2) is 40.8 Å². The van der Waals surface area contributed by atoms with E-state index >= 15 is 0 Å². The van der Waals surface area contributed by atoms with Gasteiger partial charge in [-0.05, 0) is 18.6 Å². The Hall–Kier alpha value is -1.35. The third kappa shape index (κ3) is 1.77. The standard InChI is InChI=1S/C11H12N2S/c1-9-5-3-4-6-10(9)12-11-13(2)7-8-14-11/h3-8H,1-2H3. The van der Waals surface area contributed by atoms with Gasteiger partial charge in [0.25, 0.3) is 0 Å². The zero-order chi connectivity index (χ0) is 9.97. The molecule has 0 fully saturated rings. The van der Waals surface area contributed by atoms with Gasteiger partial charge in [-0.2, -0.15) is 0 Å². The molecule has 0 unspecified atom stereocenters. The zero-order valence-corrected chi connectivity index (χ0v) is 9.08.